The van der Waals surface area contributed by atoms with Gasteiger partial charge in [-0.1, -0.05) is 20.8 Å². The summed E-state index contributed by atoms with van der Waals surface area (Å²) in [6.07, 6.45) is 0.559. The molecule has 2 rings (SSSR count). The number of carbonyl (C=O) groups excluding carboxylic acids is 1. The van der Waals surface area contributed by atoms with Crippen LogP contribution in [0, 0.1) is 5.41 Å². The molecule has 21 heavy (non-hydrogen) atoms. The van der Waals surface area contributed by atoms with E-state index in [1.54, 1.807) is 0 Å². The number of ether oxygens (including phenoxy) is 1. The lowest BCUT2D eigenvalue weighted by molar-refractivity contribution is 0.0636. The summed E-state index contributed by atoms with van der Waals surface area (Å²) < 4.78 is 5.27. The number of rotatable bonds is 1. The molecule has 1 aromatic carbocycles. The van der Waals surface area contributed by atoms with Crippen LogP contribution >= 0.6 is 0 Å². The van der Waals surface area contributed by atoms with Crippen molar-refractivity contribution in [1.82, 2.24) is 0 Å². The van der Waals surface area contributed by atoms with Gasteiger partial charge in [-0.3, -0.25) is 5.32 Å². The van der Waals surface area contributed by atoms with Gasteiger partial charge in [-0.15, -0.1) is 0 Å². The number of carbonyl (C=O) groups is 1. The fourth-order valence-corrected chi connectivity index (χ4v) is 2.38. The van der Waals surface area contributed by atoms with E-state index in [1.165, 1.54) is 5.56 Å². The highest BCUT2D eigenvalue weighted by Gasteiger charge is 2.30. The van der Waals surface area contributed by atoms with Crippen LogP contribution < -0.4 is 10.6 Å². The first-order chi connectivity index (χ1) is 9.54. The molecule has 1 aromatic rings. The zero-order valence-electron chi connectivity index (χ0n) is 13.8. The minimum absolute atomic E-state index is 0.206. The molecule has 0 aliphatic carbocycles. The van der Waals surface area contributed by atoms with Crippen molar-refractivity contribution in [3.8, 4) is 0 Å². The van der Waals surface area contributed by atoms with Gasteiger partial charge in [-0.25, -0.2) is 4.79 Å². The van der Waals surface area contributed by atoms with Crippen LogP contribution in [0.4, 0.5) is 16.2 Å². The van der Waals surface area contributed by atoms with E-state index >= 15 is 0 Å². The van der Waals surface area contributed by atoms with Crippen LogP contribution in [0.3, 0.4) is 0 Å². The van der Waals surface area contributed by atoms with Crippen molar-refractivity contribution in [2.24, 2.45) is 5.41 Å². The molecular formula is C17H26N2O2. The van der Waals surface area contributed by atoms with E-state index in [0.717, 1.165) is 17.8 Å². The lowest BCUT2D eigenvalue weighted by Crippen LogP contribution is -2.31. The first kappa shape index (κ1) is 15.7. The molecule has 1 amide bonds. The predicted molar refractivity (Wildman–Crippen MR) is 86.9 cm³/mol. The number of benzene rings is 1. The monoisotopic (exact) mass is 290 g/mol. The zero-order valence-corrected chi connectivity index (χ0v) is 13.8. The first-order valence-electron chi connectivity index (χ1n) is 7.44. The Labute approximate surface area is 127 Å². The van der Waals surface area contributed by atoms with E-state index in [9.17, 15) is 4.79 Å². The Morgan fingerprint density at radius 1 is 1.24 bits per heavy atom. The van der Waals surface area contributed by atoms with E-state index in [1.807, 2.05) is 39.0 Å². The number of nitrogens with one attached hydrogen (secondary N) is 2. The summed E-state index contributed by atoms with van der Waals surface area (Å²) in [7, 11) is 0. The number of anilines is 2. The summed E-state index contributed by atoms with van der Waals surface area (Å²) in [5.74, 6) is 0. The molecule has 4 heteroatoms. The van der Waals surface area contributed by atoms with Gasteiger partial charge in [0, 0.05) is 17.4 Å². The minimum atomic E-state index is -0.486. The Morgan fingerprint density at radius 3 is 2.48 bits per heavy atom. The van der Waals surface area contributed by atoms with E-state index in [-0.39, 0.29) is 5.41 Å². The van der Waals surface area contributed by atoms with Crippen molar-refractivity contribution in [2.45, 2.75) is 59.6 Å². The molecule has 4 nitrogen and oxygen atoms in total. The van der Waals surface area contributed by atoms with Crippen LogP contribution in [0.15, 0.2) is 18.2 Å². The van der Waals surface area contributed by atoms with Crippen molar-refractivity contribution >= 4 is 17.5 Å². The van der Waals surface area contributed by atoms with Crippen LogP contribution in [0.25, 0.3) is 0 Å². The third-order valence-electron chi connectivity index (χ3n) is 3.55. The zero-order chi connectivity index (χ0) is 15.8. The molecule has 1 heterocycles. The number of hydrogen-bond donors (Lipinski definition) is 2. The van der Waals surface area contributed by atoms with Gasteiger partial charge >= 0.3 is 6.09 Å². The fourth-order valence-electron chi connectivity index (χ4n) is 2.38. The number of fused-ring (bicyclic) bond motifs is 1. The Bertz CT molecular complexity index is 539. The quantitative estimate of drug-likeness (QED) is 0.805. The van der Waals surface area contributed by atoms with Crippen molar-refractivity contribution in [1.29, 1.82) is 0 Å². The maximum absolute atomic E-state index is 11.8. The second kappa shape index (κ2) is 5.24. The van der Waals surface area contributed by atoms with Crippen LogP contribution in [0.1, 0.15) is 47.1 Å². The second-order valence-electron chi connectivity index (χ2n) is 7.77. The molecule has 1 aliphatic heterocycles. The van der Waals surface area contributed by atoms with Crippen LogP contribution in [-0.4, -0.2) is 17.7 Å². The van der Waals surface area contributed by atoms with Gasteiger partial charge in [0.15, 0.2) is 0 Å². The smallest absolute Gasteiger partial charge is 0.412 e. The molecule has 0 saturated heterocycles. The molecule has 0 aromatic heterocycles. The molecule has 1 aliphatic rings. The predicted octanol–water partition coefficient (Wildman–Crippen LogP) is 4.42. The summed E-state index contributed by atoms with van der Waals surface area (Å²) in [6.45, 7) is 12.3. The summed E-state index contributed by atoms with van der Waals surface area (Å²) >= 11 is 0. The van der Waals surface area contributed by atoms with Gasteiger partial charge in [-0.05, 0) is 56.4 Å². The molecule has 116 valence electrons. The highest BCUT2D eigenvalue weighted by atomic mass is 16.6. The average Bonchev–Trinajstić information content (AvgIpc) is 2.68. The molecular weight excluding hydrogens is 264 g/mol. The maximum Gasteiger partial charge on any atom is 0.412 e. The van der Waals surface area contributed by atoms with Gasteiger partial charge in [0.2, 0.25) is 0 Å². The second-order valence-corrected chi connectivity index (χ2v) is 7.77. The number of amides is 1. The Balaban J connectivity index is 2.06. The Hall–Kier alpha value is -1.71. The highest BCUT2D eigenvalue weighted by Crippen LogP contribution is 2.35. The molecule has 0 unspecified atom stereocenters. The molecule has 2 N–H and O–H groups in total. The highest BCUT2D eigenvalue weighted by molar-refractivity contribution is 5.85. The largest absolute Gasteiger partial charge is 0.444 e. The standard InChI is InChI=1S/C17H26N2O2/c1-16(2,3)14-10-11-9-12(7-8-13(11)19-14)18-15(20)21-17(4,5)6/h7-9,14,19H,10H2,1-6H3,(H,18,20)/t14-/m1/s1. The Morgan fingerprint density at radius 2 is 1.90 bits per heavy atom. The SMILES string of the molecule is CC(C)(C)OC(=O)Nc1ccc2c(c1)C[C@H](C(C)(C)C)N2. The van der Waals surface area contributed by atoms with Crippen LogP contribution in [0.5, 0.6) is 0 Å². The molecule has 0 fully saturated rings. The maximum atomic E-state index is 11.8. The van der Waals surface area contributed by atoms with E-state index in [0.29, 0.717) is 6.04 Å². The van der Waals surface area contributed by atoms with Crippen LogP contribution in [0.2, 0.25) is 0 Å². The first-order valence-corrected chi connectivity index (χ1v) is 7.44. The fraction of sp³-hybridized carbons (Fsp3) is 0.588. The minimum Gasteiger partial charge on any atom is -0.444 e. The summed E-state index contributed by atoms with van der Waals surface area (Å²) in [5, 5.41) is 6.34. The van der Waals surface area contributed by atoms with Gasteiger partial charge < -0.3 is 10.1 Å². The molecule has 0 bridgehead atoms. The Kier molecular flexibility index (Phi) is 3.91. The van der Waals surface area contributed by atoms with Crippen molar-refractivity contribution in [3.05, 3.63) is 23.8 Å². The van der Waals surface area contributed by atoms with Crippen molar-refractivity contribution < 1.29 is 9.53 Å². The molecule has 0 radical (unpaired) electrons. The summed E-state index contributed by atoms with van der Waals surface area (Å²) in [6, 6.07) is 6.37. The average molecular weight is 290 g/mol. The molecule has 0 saturated carbocycles. The van der Waals surface area contributed by atoms with Crippen LogP contribution in [-0.2, 0) is 11.2 Å². The lowest BCUT2D eigenvalue weighted by atomic mass is 9.85. The lowest BCUT2D eigenvalue weighted by Gasteiger charge is -2.27. The third-order valence-corrected chi connectivity index (χ3v) is 3.55. The summed E-state index contributed by atoms with van der Waals surface area (Å²) in [5.41, 5.74) is 2.89. The van der Waals surface area contributed by atoms with E-state index in [4.69, 9.17) is 4.74 Å². The van der Waals surface area contributed by atoms with E-state index in [2.05, 4.69) is 31.4 Å². The van der Waals surface area contributed by atoms with Crippen molar-refractivity contribution in [2.75, 3.05) is 10.6 Å². The van der Waals surface area contributed by atoms with E-state index < -0.39 is 11.7 Å². The topological polar surface area (TPSA) is 50.4 Å². The molecule has 1 atom stereocenters. The summed E-state index contributed by atoms with van der Waals surface area (Å²) in [4.78, 5) is 11.8. The van der Waals surface area contributed by atoms with Gasteiger partial charge in [0.25, 0.3) is 0 Å². The molecule has 0 spiro atoms. The van der Waals surface area contributed by atoms with Gasteiger partial charge in [0.05, 0.1) is 0 Å². The number of hydrogen-bond acceptors (Lipinski definition) is 3. The van der Waals surface area contributed by atoms with Gasteiger partial charge in [0.1, 0.15) is 5.60 Å². The third kappa shape index (κ3) is 4.13. The van der Waals surface area contributed by atoms with Crippen molar-refractivity contribution in [3.63, 3.8) is 0 Å². The normalized spacial score (nSPS) is 17.9. The van der Waals surface area contributed by atoms with Gasteiger partial charge in [-0.2, -0.15) is 0 Å².